The van der Waals surface area contributed by atoms with Crippen LogP contribution in [0.25, 0.3) is 16.3 Å². The second-order valence-corrected chi connectivity index (χ2v) is 3.86. The van der Waals surface area contributed by atoms with Crippen LogP contribution in [-0.4, -0.2) is 0 Å². The van der Waals surface area contributed by atoms with E-state index in [-0.39, 0.29) is 0 Å². The number of fused-ring (bicyclic) bond motifs is 1. The van der Waals surface area contributed by atoms with Gasteiger partial charge in [-0.25, -0.2) is 0 Å². The van der Waals surface area contributed by atoms with Gasteiger partial charge in [-0.05, 0) is 41.3 Å². The molecular formula is C17H22. The Hall–Kier alpha value is -1.56. The Morgan fingerprint density at radius 1 is 1.00 bits per heavy atom. The van der Waals surface area contributed by atoms with E-state index in [1.54, 1.807) is 0 Å². The Labute approximate surface area is 105 Å². The molecule has 0 N–H and O–H groups in total. The van der Waals surface area contributed by atoms with E-state index in [4.69, 9.17) is 0 Å². The van der Waals surface area contributed by atoms with E-state index in [9.17, 15) is 0 Å². The lowest BCUT2D eigenvalue weighted by atomic mass is 10.0. The maximum atomic E-state index is 2.27. The second kappa shape index (κ2) is 6.90. The quantitative estimate of drug-likeness (QED) is 0.618. The zero-order chi connectivity index (χ0) is 12.7. The minimum Gasteiger partial charge on any atom is -0.0813 e. The average Bonchev–Trinajstić information content (AvgIpc) is 2.41. The van der Waals surface area contributed by atoms with Gasteiger partial charge in [-0.15, -0.1) is 0 Å². The number of hydrogen-bond acceptors (Lipinski definition) is 0. The van der Waals surface area contributed by atoms with Crippen molar-refractivity contribution < 1.29 is 0 Å². The highest BCUT2D eigenvalue weighted by atomic mass is 14.0. The summed E-state index contributed by atoms with van der Waals surface area (Å²) in [6.45, 7) is 8.35. The zero-order valence-electron chi connectivity index (χ0n) is 11.3. The Kier molecular flexibility index (Phi) is 5.48. The van der Waals surface area contributed by atoms with Gasteiger partial charge in [0, 0.05) is 0 Å². The molecule has 0 nitrogen and oxygen atoms in total. The topological polar surface area (TPSA) is 0 Å². The highest BCUT2D eigenvalue weighted by Crippen LogP contribution is 2.20. The summed E-state index contributed by atoms with van der Waals surface area (Å²) in [5.41, 5.74) is 2.69. The molecule has 0 aliphatic carbocycles. The molecule has 0 aliphatic heterocycles. The first-order chi connectivity index (χ1) is 8.31. The first-order valence-corrected chi connectivity index (χ1v) is 6.47. The number of benzene rings is 2. The largest absolute Gasteiger partial charge is 0.0813 e. The molecular weight excluding hydrogens is 204 g/mol. The van der Waals surface area contributed by atoms with E-state index in [0.717, 1.165) is 6.42 Å². The van der Waals surface area contributed by atoms with Crippen molar-refractivity contribution in [2.75, 3.05) is 0 Å². The van der Waals surface area contributed by atoms with E-state index < -0.39 is 0 Å². The molecule has 0 radical (unpaired) electrons. The number of hydrogen-bond donors (Lipinski definition) is 0. The summed E-state index contributed by atoms with van der Waals surface area (Å²) < 4.78 is 0. The molecule has 0 spiro atoms. The standard InChI is InChI=1S/C15H16.C2H6/c1-3-6-12(2)14-10-9-13-7-4-5-8-15(13)11-14;1-2/h4-11H,3H2,1-2H3;1-2H3/b12-6+;. The Balaban J connectivity index is 0.000000686. The van der Waals surface area contributed by atoms with Crippen LogP contribution in [0.1, 0.15) is 39.7 Å². The van der Waals surface area contributed by atoms with Crippen LogP contribution in [-0.2, 0) is 0 Å². The van der Waals surface area contributed by atoms with E-state index >= 15 is 0 Å². The molecule has 0 atom stereocenters. The highest BCUT2D eigenvalue weighted by Gasteiger charge is 1.97. The van der Waals surface area contributed by atoms with Gasteiger partial charge in [0.25, 0.3) is 0 Å². The lowest BCUT2D eigenvalue weighted by Gasteiger charge is -2.03. The molecule has 90 valence electrons. The van der Waals surface area contributed by atoms with Gasteiger partial charge in [0.1, 0.15) is 0 Å². The van der Waals surface area contributed by atoms with Gasteiger partial charge in [0.05, 0.1) is 0 Å². The molecule has 0 heteroatoms. The smallest absolute Gasteiger partial charge is 0.0178 e. The summed E-state index contributed by atoms with van der Waals surface area (Å²) in [5.74, 6) is 0. The number of allylic oxidation sites excluding steroid dienone is 2. The van der Waals surface area contributed by atoms with E-state index in [1.165, 1.54) is 21.9 Å². The Morgan fingerprint density at radius 2 is 1.65 bits per heavy atom. The molecule has 0 saturated heterocycles. The average molecular weight is 226 g/mol. The summed E-state index contributed by atoms with van der Waals surface area (Å²) in [7, 11) is 0. The molecule has 2 aromatic carbocycles. The van der Waals surface area contributed by atoms with Gasteiger partial charge in [-0.3, -0.25) is 0 Å². The van der Waals surface area contributed by atoms with Crippen molar-refractivity contribution in [3.05, 3.63) is 54.1 Å². The molecule has 0 aromatic heterocycles. The third kappa shape index (κ3) is 3.45. The summed E-state index contributed by atoms with van der Waals surface area (Å²) in [5, 5.41) is 2.63. The molecule has 2 aromatic rings. The molecule has 2 rings (SSSR count). The van der Waals surface area contributed by atoms with Crippen molar-refractivity contribution in [1.82, 2.24) is 0 Å². The Morgan fingerprint density at radius 3 is 2.29 bits per heavy atom. The molecule has 0 aliphatic rings. The molecule has 17 heavy (non-hydrogen) atoms. The summed E-state index contributed by atoms with van der Waals surface area (Å²) in [6.07, 6.45) is 3.36. The molecule has 0 bridgehead atoms. The fourth-order valence-corrected chi connectivity index (χ4v) is 1.86. The second-order valence-electron chi connectivity index (χ2n) is 3.86. The van der Waals surface area contributed by atoms with Crippen molar-refractivity contribution in [3.63, 3.8) is 0 Å². The first kappa shape index (κ1) is 13.5. The van der Waals surface area contributed by atoms with E-state index in [2.05, 4.69) is 62.4 Å². The third-order valence-corrected chi connectivity index (χ3v) is 2.72. The van der Waals surface area contributed by atoms with Crippen LogP contribution in [0.15, 0.2) is 48.5 Å². The van der Waals surface area contributed by atoms with Gasteiger partial charge < -0.3 is 0 Å². The summed E-state index contributed by atoms with van der Waals surface area (Å²) in [4.78, 5) is 0. The maximum Gasteiger partial charge on any atom is -0.0178 e. The fourth-order valence-electron chi connectivity index (χ4n) is 1.86. The minimum atomic E-state index is 1.10. The van der Waals surface area contributed by atoms with Crippen LogP contribution in [0.2, 0.25) is 0 Å². The van der Waals surface area contributed by atoms with Crippen molar-refractivity contribution in [2.24, 2.45) is 0 Å². The number of rotatable bonds is 2. The predicted octanol–water partition coefficient (Wildman–Crippen LogP) is 5.68. The van der Waals surface area contributed by atoms with Crippen LogP contribution in [0.5, 0.6) is 0 Å². The summed E-state index contributed by atoms with van der Waals surface area (Å²) in [6, 6.07) is 15.1. The minimum absolute atomic E-state index is 1.10. The van der Waals surface area contributed by atoms with Gasteiger partial charge >= 0.3 is 0 Å². The highest BCUT2D eigenvalue weighted by molar-refractivity contribution is 5.86. The molecule has 0 unspecified atom stereocenters. The van der Waals surface area contributed by atoms with Crippen molar-refractivity contribution in [1.29, 1.82) is 0 Å². The van der Waals surface area contributed by atoms with E-state index in [0.29, 0.717) is 0 Å². The predicted molar refractivity (Wildman–Crippen MR) is 79.2 cm³/mol. The first-order valence-electron chi connectivity index (χ1n) is 6.47. The maximum absolute atomic E-state index is 2.27. The van der Waals surface area contributed by atoms with Gasteiger partial charge in [0.15, 0.2) is 0 Å². The third-order valence-electron chi connectivity index (χ3n) is 2.72. The monoisotopic (exact) mass is 226 g/mol. The van der Waals surface area contributed by atoms with Gasteiger partial charge in [-0.1, -0.05) is 63.2 Å². The lowest BCUT2D eigenvalue weighted by molar-refractivity contribution is 1.22. The molecule has 0 fully saturated rings. The van der Waals surface area contributed by atoms with E-state index in [1.807, 2.05) is 13.8 Å². The normalized spacial score (nSPS) is 10.9. The Bertz CT molecular complexity index is 492. The van der Waals surface area contributed by atoms with Crippen LogP contribution in [0.4, 0.5) is 0 Å². The van der Waals surface area contributed by atoms with Crippen LogP contribution >= 0.6 is 0 Å². The zero-order valence-corrected chi connectivity index (χ0v) is 11.3. The molecule has 0 amide bonds. The van der Waals surface area contributed by atoms with Crippen LogP contribution in [0.3, 0.4) is 0 Å². The van der Waals surface area contributed by atoms with Gasteiger partial charge in [0.2, 0.25) is 0 Å². The fraction of sp³-hybridized carbons (Fsp3) is 0.294. The van der Waals surface area contributed by atoms with Crippen LogP contribution < -0.4 is 0 Å². The van der Waals surface area contributed by atoms with Crippen LogP contribution in [0, 0.1) is 0 Å². The molecule has 0 saturated carbocycles. The van der Waals surface area contributed by atoms with Crippen molar-refractivity contribution in [2.45, 2.75) is 34.1 Å². The van der Waals surface area contributed by atoms with Gasteiger partial charge in [-0.2, -0.15) is 0 Å². The van der Waals surface area contributed by atoms with Crippen molar-refractivity contribution in [3.8, 4) is 0 Å². The lowest BCUT2D eigenvalue weighted by Crippen LogP contribution is -1.80. The summed E-state index contributed by atoms with van der Waals surface area (Å²) >= 11 is 0. The SMILES string of the molecule is CC.CC/C=C(\C)c1ccc2ccccc2c1. The van der Waals surface area contributed by atoms with Crippen molar-refractivity contribution >= 4 is 16.3 Å². The molecule has 0 heterocycles.